The Balaban J connectivity index is 1.71. The largest absolute Gasteiger partial charge is 0.496 e. The predicted molar refractivity (Wildman–Crippen MR) is 162 cm³/mol. The summed E-state index contributed by atoms with van der Waals surface area (Å²) in [4.78, 5) is 4.79. The highest BCUT2D eigenvalue weighted by Crippen LogP contribution is 2.54. The van der Waals surface area contributed by atoms with Crippen LogP contribution >= 0.6 is 11.6 Å². The summed E-state index contributed by atoms with van der Waals surface area (Å²) in [6.45, 7) is 18.1. The number of aromatic nitrogens is 1. The van der Waals surface area contributed by atoms with Crippen molar-refractivity contribution in [3.8, 4) is 39.3 Å². The van der Waals surface area contributed by atoms with Crippen LogP contribution in [0.2, 0.25) is 5.15 Å². The fourth-order valence-corrected chi connectivity index (χ4v) is 5.91. The molecule has 0 aliphatic heterocycles. The summed E-state index contributed by atoms with van der Waals surface area (Å²) < 4.78 is 6.14. The van der Waals surface area contributed by atoms with E-state index < -0.39 is 0 Å². The molecule has 0 bridgehead atoms. The Bertz CT molecular complexity index is 1520. The molecule has 0 saturated heterocycles. The van der Waals surface area contributed by atoms with E-state index in [1.165, 1.54) is 33.4 Å². The van der Waals surface area contributed by atoms with Crippen molar-refractivity contribution in [1.29, 1.82) is 0 Å². The molecule has 2 nitrogen and oxygen atoms in total. The zero-order chi connectivity index (χ0) is 27.6. The molecule has 0 amide bonds. The van der Waals surface area contributed by atoms with Gasteiger partial charge in [-0.1, -0.05) is 116 Å². The molecule has 3 aromatic carbocycles. The SMILES string of the molecule is COc1c(-c2cc(-c3cc(C(C)(C)C)cc(C(C)(C)C)c3)cc(Cl)n2)ccc2c1C(C)(C)c1ccccc1-2. The van der Waals surface area contributed by atoms with Gasteiger partial charge in [-0.2, -0.15) is 0 Å². The van der Waals surface area contributed by atoms with Crippen molar-refractivity contribution in [3.63, 3.8) is 0 Å². The second-order valence-electron chi connectivity index (χ2n) is 13.1. The van der Waals surface area contributed by atoms with Gasteiger partial charge in [0.2, 0.25) is 0 Å². The van der Waals surface area contributed by atoms with Crippen LogP contribution in [0.4, 0.5) is 0 Å². The smallest absolute Gasteiger partial charge is 0.132 e. The number of hydrogen-bond acceptors (Lipinski definition) is 2. The molecule has 1 heterocycles. The van der Waals surface area contributed by atoms with Crippen LogP contribution in [0.3, 0.4) is 0 Å². The minimum Gasteiger partial charge on any atom is -0.496 e. The minimum absolute atomic E-state index is 0.0272. The summed E-state index contributed by atoms with van der Waals surface area (Å²) in [6, 6.07) is 24.0. The van der Waals surface area contributed by atoms with Crippen molar-refractivity contribution >= 4 is 11.6 Å². The van der Waals surface area contributed by atoms with E-state index in [0.29, 0.717) is 5.15 Å². The van der Waals surface area contributed by atoms with Gasteiger partial charge < -0.3 is 4.74 Å². The van der Waals surface area contributed by atoms with Crippen LogP contribution in [-0.4, -0.2) is 12.1 Å². The highest BCUT2D eigenvalue weighted by Gasteiger charge is 2.39. The molecule has 0 atom stereocenters. The number of rotatable bonds is 3. The number of hydrogen-bond donors (Lipinski definition) is 0. The maximum absolute atomic E-state index is 6.70. The molecular formula is C35H38ClNO. The van der Waals surface area contributed by atoms with E-state index in [1.54, 1.807) is 7.11 Å². The second kappa shape index (κ2) is 8.99. The van der Waals surface area contributed by atoms with Gasteiger partial charge in [0.25, 0.3) is 0 Å². The van der Waals surface area contributed by atoms with Gasteiger partial charge in [-0.25, -0.2) is 4.98 Å². The Morgan fingerprint density at radius 1 is 0.711 bits per heavy atom. The maximum atomic E-state index is 6.70. The van der Waals surface area contributed by atoms with Gasteiger partial charge in [0.1, 0.15) is 10.9 Å². The molecular weight excluding hydrogens is 486 g/mol. The summed E-state index contributed by atoms with van der Waals surface area (Å²) in [7, 11) is 1.76. The van der Waals surface area contributed by atoms with Crippen molar-refractivity contribution in [1.82, 2.24) is 4.98 Å². The number of fused-ring (bicyclic) bond motifs is 3. The summed E-state index contributed by atoms with van der Waals surface area (Å²) >= 11 is 6.70. The Labute approximate surface area is 233 Å². The normalized spacial score (nSPS) is 14.3. The number of pyridine rings is 1. The number of methoxy groups -OCH3 is 1. The lowest BCUT2D eigenvalue weighted by molar-refractivity contribution is 0.404. The number of nitrogens with zero attached hydrogens (tertiary/aromatic N) is 1. The van der Waals surface area contributed by atoms with Gasteiger partial charge in [0.05, 0.1) is 12.8 Å². The summed E-state index contributed by atoms with van der Waals surface area (Å²) in [6.07, 6.45) is 0. The topological polar surface area (TPSA) is 22.1 Å². The number of benzene rings is 3. The Hall–Kier alpha value is -3.10. The average Bonchev–Trinajstić information content (AvgIpc) is 3.09. The molecule has 0 fully saturated rings. The van der Waals surface area contributed by atoms with Crippen LogP contribution in [0.1, 0.15) is 77.6 Å². The van der Waals surface area contributed by atoms with Crippen LogP contribution in [0.25, 0.3) is 33.5 Å². The number of halogens is 1. The molecule has 4 aromatic rings. The number of ether oxygens (including phenoxy) is 1. The predicted octanol–water partition coefficient (Wildman–Crippen LogP) is 9.98. The van der Waals surface area contributed by atoms with Gasteiger partial charge in [-0.15, -0.1) is 0 Å². The fraction of sp³-hybridized carbons (Fsp3) is 0.343. The molecule has 5 rings (SSSR count). The Morgan fingerprint density at radius 3 is 1.89 bits per heavy atom. The van der Waals surface area contributed by atoms with Crippen LogP contribution in [-0.2, 0) is 16.2 Å². The lowest BCUT2D eigenvalue weighted by atomic mass is 9.79. The minimum atomic E-state index is -0.183. The van der Waals surface area contributed by atoms with E-state index in [1.807, 2.05) is 6.07 Å². The monoisotopic (exact) mass is 523 g/mol. The Morgan fingerprint density at radius 2 is 1.29 bits per heavy atom. The molecule has 0 spiro atoms. The molecule has 0 radical (unpaired) electrons. The van der Waals surface area contributed by atoms with Crippen LogP contribution in [0.5, 0.6) is 5.75 Å². The molecule has 0 N–H and O–H groups in total. The quantitative estimate of drug-likeness (QED) is 0.249. The van der Waals surface area contributed by atoms with E-state index >= 15 is 0 Å². The van der Waals surface area contributed by atoms with Crippen molar-refractivity contribution in [2.75, 3.05) is 7.11 Å². The molecule has 0 saturated carbocycles. The summed E-state index contributed by atoms with van der Waals surface area (Å²) in [5.41, 5.74) is 11.5. The lowest BCUT2D eigenvalue weighted by Crippen LogP contribution is -2.16. The van der Waals surface area contributed by atoms with Gasteiger partial charge >= 0.3 is 0 Å². The van der Waals surface area contributed by atoms with Crippen molar-refractivity contribution in [3.05, 3.63) is 94.1 Å². The van der Waals surface area contributed by atoms with Crippen LogP contribution in [0, 0.1) is 0 Å². The van der Waals surface area contributed by atoms with Gasteiger partial charge in [-0.3, -0.25) is 0 Å². The molecule has 196 valence electrons. The standard InChI is InChI=1S/C35H38ClNO/c1-33(2,3)23-16-21(17-24(20-23)34(4,5)6)22-18-29(37-30(36)19-22)27-15-14-26-25-12-10-11-13-28(25)35(7,8)31(26)32(27)38-9/h10-20H,1-9H3. The maximum Gasteiger partial charge on any atom is 0.132 e. The van der Waals surface area contributed by atoms with Gasteiger partial charge in [0, 0.05) is 16.5 Å². The van der Waals surface area contributed by atoms with Crippen molar-refractivity contribution in [2.24, 2.45) is 0 Å². The molecule has 1 aliphatic carbocycles. The summed E-state index contributed by atoms with van der Waals surface area (Å²) in [5.74, 6) is 0.864. The van der Waals surface area contributed by atoms with E-state index in [-0.39, 0.29) is 16.2 Å². The third-order valence-electron chi connectivity index (χ3n) is 7.95. The molecule has 3 heteroatoms. The molecule has 1 aromatic heterocycles. The van der Waals surface area contributed by atoms with Crippen LogP contribution in [0.15, 0.2) is 66.7 Å². The Kier molecular flexibility index (Phi) is 6.27. The molecule has 38 heavy (non-hydrogen) atoms. The van der Waals surface area contributed by atoms with Gasteiger partial charge in [-0.05, 0) is 68.0 Å². The van der Waals surface area contributed by atoms with Crippen molar-refractivity contribution in [2.45, 2.75) is 71.6 Å². The molecule has 1 aliphatic rings. The molecule has 0 unspecified atom stereocenters. The first-order valence-corrected chi connectivity index (χ1v) is 13.8. The second-order valence-corrected chi connectivity index (χ2v) is 13.5. The van der Waals surface area contributed by atoms with E-state index in [0.717, 1.165) is 28.1 Å². The third kappa shape index (κ3) is 4.43. The zero-order valence-electron chi connectivity index (χ0n) is 24.1. The zero-order valence-corrected chi connectivity index (χ0v) is 24.8. The van der Waals surface area contributed by atoms with E-state index in [2.05, 4.69) is 116 Å². The van der Waals surface area contributed by atoms with Gasteiger partial charge in [0.15, 0.2) is 0 Å². The first kappa shape index (κ1) is 26.5. The van der Waals surface area contributed by atoms with Crippen LogP contribution < -0.4 is 4.74 Å². The fourth-order valence-electron chi connectivity index (χ4n) is 5.70. The average molecular weight is 524 g/mol. The van der Waals surface area contributed by atoms with E-state index in [4.69, 9.17) is 21.3 Å². The highest BCUT2D eigenvalue weighted by molar-refractivity contribution is 6.29. The highest BCUT2D eigenvalue weighted by atomic mass is 35.5. The lowest BCUT2D eigenvalue weighted by Gasteiger charge is -2.26. The van der Waals surface area contributed by atoms with Crippen molar-refractivity contribution < 1.29 is 4.74 Å². The summed E-state index contributed by atoms with van der Waals surface area (Å²) in [5, 5.41) is 0.473. The first-order chi connectivity index (χ1) is 17.7. The first-order valence-electron chi connectivity index (χ1n) is 13.4. The third-order valence-corrected chi connectivity index (χ3v) is 8.14. The van der Waals surface area contributed by atoms with E-state index in [9.17, 15) is 0 Å².